The van der Waals surface area contributed by atoms with Crippen molar-refractivity contribution in [3.05, 3.63) is 30.2 Å². The second kappa shape index (κ2) is 8.99. The number of carbonyl (C=O) groups is 2. The molecule has 3 heterocycles. The molecule has 158 valence electrons. The molecule has 11 heteroatoms. The molecule has 3 aromatic heterocycles. The van der Waals surface area contributed by atoms with Gasteiger partial charge in [-0.3, -0.25) is 15.1 Å². The van der Waals surface area contributed by atoms with Gasteiger partial charge in [-0.05, 0) is 39.8 Å². The van der Waals surface area contributed by atoms with Gasteiger partial charge in [0.25, 0.3) is 5.89 Å². The molecule has 0 bridgehead atoms. The molecule has 0 radical (unpaired) electrons. The van der Waals surface area contributed by atoms with Crippen molar-refractivity contribution in [1.82, 2.24) is 20.1 Å². The van der Waals surface area contributed by atoms with E-state index in [1.54, 1.807) is 46.2 Å². The summed E-state index contributed by atoms with van der Waals surface area (Å²) in [6, 6.07) is 3.60. The molecule has 0 saturated heterocycles. The Labute approximate surface area is 176 Å². The molecule has 10 nitrogen and oxygen atoms in total. The van der Waals surface area contributed by atoms with Crippen molar-refractivity contribution in [3.8, 4) is 22.2 Å². The number of amides is 1. The molecule has 1 N–H and O–H groups in total. The first-order valence-electron chi connectivity index (χ1n) is 9.09. The third-order valence-corrected chi connectivity index (χ3v) is 4.57. The zero-order valence-corrected chi connectivity index (χ0v) is 17.8. The van der Waals surface area contributed by atoms with Gasteiger partial charge < -0.3 is 14.0 Å². The van der Waals surface area contributed by atoms with Crippen molar-refractivity contribution in [1.29, 1.82) is 0 Å². The van der Waals surface area contributed by atoms with Gasteiger partial charge in [0.2, 0.25) is 5.82 Å². The second-order valence-corrected chi connectivity index (χ2v) is 8.19. The third-order valence-electron chi connectivity index (χ3n) is 3.50. The predicted molar refractivity (Wildman–Crippen MR) is 109 cm³/mol. The molecule has 3 aromatic rings. The van der Waals surface area contributed by atoms with Crippen LogP contribution in [0.25, 0.3) is 22.2 Å². The zero-order valence-electron chi connectivity index (χ0n) is 17.0. The van der Waals surface area contributed by atoms with E-state index in [-0.39, 0.29) is 18.9 Å². The Hall–Kier alpha value is -3.34. The second-order valence-electron chi connectivity index (χ2n) is 7.20. The molecule has 0 aliphatic rings. The highest BCUT2D eigenvalue weighted by atomic mass is 32.1. The van der Waals surface area contributed by atoms with Crippen LogP contribution in [0.2, 0.25) is 0 Å². The average molecular weight is 431 g/mol. The summed E-state index contributed by atoms with van der Waals surface area (Å²) in [5.74, 6) is 0.251. The number of ether oxygens (including phenoxy) is 2. The lowest BCUT2D eigenvalue weighted by Crippen LogP contribution is -2.25. The summed E-state index contributed by atoms with van der Waals surface area (Å²) in [5.41, 5.74) is 0.756. The van der Waals surface area contributed by atoms with Gasteiger partial charge in [-0.15, -0.1) is 0 Å². The molecule has 0 fully saturated rings. The van der Waals surface area contributed by atoms with Crippen molar-refractivity contribution < 1.29 is 23.6 Å². The van der Waals surface area contributed by atoms with E-state index in [1.807, 2.05) is 6.07 Å². The largest absolute Gasteiger partial charge is 0.460 e. The minimum absolute atomic E-state index is 0.0358. The Balaban J connectivity index is 1.57. The SMILES string of the molecule is Cc1nc(NC(=O)OCCC(=O)OC(C)(C)C)sc1-c1nc(-c2cccnc2)no1. The van der Waals surface area contributed by atoms with E-state index in [9.17, 15) is 9.59 Å². The standard InChI is InChI=1S/C19H21N5O5S/c1-11-14(16-22-15(24-29-16)12-6-5-8-20-10-12)30-17(21-11)23-18(26)27-9-7-13(25)28-19(2,3)4/h5-6,8,10H,7,9H2,1-4H3,(H,21,23,26). The van der Waals surface area contributed by atoms with E-state index in [2.05, 4.69) is 25.4 Å². The highest BCUT2D eigenvalue weighted by Crippen LogP contribution is 2.32. The normalized spacial score (nSPS) is 11.2. The Kier molecular flexibility index (Phi) is 6.40. The number of hydrogen-bond acceptors (Lipinski definition) is 10. The lowest BCUT2D eigenvalue weighted by molar-refractivity contribution is -0.155. The number of hydrogen-bond donors (Lipinski definition) is 1. The van der Waals surface area contributed by atoms with Gasteiger partial charge in [0.15, 0.2) is 5.13 Å². The first kappa shape index (κ1) is 21.4. The molecule has 0 unspecified atom stereocenters. The number of anilines is 1. The third kappa shape index (κ3) is 5.83. The minimum atomic E-state index is -0.722. The maximum absolute atomic E-state index is 11.9. The summed E-state index contributed by atoms with van der Waals surface area (Å²) in [6.45, 7) is 6.96. The van der Waals surface area contributed by atoms with Crippen molar-refractivity contribution in [2.24, 2.45) is 0 Å². The monoisotopic (exact) mass is 431 g/mol. The highest BCUT2D eigenvalue weighted by molar-refractivity contribution is 7.19. The van der Waals surface area contributed by atoms with Gasteiger partial charge in [0.05, 0.1) is 12.1 Å². The molecule has 0 spiro atoms. The van der Waals surface area contributed by atoms with E-state index in [0.717, 1.165) is 5.56 Å². The van der Waals surface area contributed by atoms with Crippen LogP contribution in [0.3, 0.4) is 0 Å². The molecule has 0 aliphatic carbocycles. The van der Waals surface area contributed by atoms with Gasteiger partial charge in [-0.1, -0.05) is 16.5 Å². The fourth-order valence-corrected chi connectivity index (χ4v) is 3.19. The highest BCUT2D eigenvalue weighted by Gasteiger charge is 2.19. The Bertz CT molecular complexity index is 1030. The van der Waals surface area contributed by atoms with Gasteiger partial charge in [0, 0.05) is 18.0 Å². The first-order valence-corrected chi connectivity index (χ1v) is 9.90. The van der Waals surface area contributed by atoms with E-state index < -0.39 is 17.7 Å². The van der Waals surface area contributed by atoms with Crippen LogP contribution in [0.5, 0.6) is 0 Å². The number of pyridine rings is 1. The molecule has 30 heavy (non-hydrogen) atoms. The lowest BCUT2D eigenvalue weighted by Gasteiger charge is -2.19. The van der Waals surface area contributed by atoms with Gasteiger partial charge in [-0.25, -0.2) is 9.78 Å². The average Bonchev–Trinajstić information content (AvgIpc) is 3.27. The van der Waals surface area contributed by atoms with Crippen molar-refractivity contribution in [2.45, 2.75) is 39.7 Å². The summed E-state index contributed by atoms with van der Waals surface area (Å²) in [5, 5.41) is 6.79. The molecule has 1 amide bonds. The van der Waals surface area contributed by atoms with Crippen molar-refractivity contribution in [2.75, 3.05) is 11.9 Å². The number of aromatic nitrogens is 4. The summed E-state index contributed by atoms with van der Waals surface area (Å²) in [7, 11) is 0. The molecule has 0 atom stereocenters. The fraction of sp³-hybridized carbons (Fsp3) is 0.368. The van der Waals surface area contributed by atoms with E-state index in [0.29, 0.717) is 21.5 Å². The predicted octanol–water partition coefficient (Wildman–Crippen LogP) is 3.84. The smallest absolute Gasteiger partial charge is 0.413 e. The van der Waals surface area contributed by atoms with Crippen LogP contribution in [-0.2, 0) is 14.3 Å². The van der Waals surface area contributed by atoms with Crippen LogP contribution in [0.1, 0.15) is 32.9 Å². The topological polar surface area (TPSA) is 129 Å². The van der Waals surface area contributed by atoms with Gasteiger partial charge in [-0.2, -0.15) is 4.98 Å². The number of esters is 1. The molecule has 0 aliphatic heterocycles. The number of nitrogens with one attached hydrogen (secondary N) is 1. The summed E-state index contributed by atoms with van der Waals surface area (Å²) >= 11 is 1.17. The van der Waals surface area contributed by atoms with Crippen LogP contribution >= 0.6 is 11.3 Å². The summed E-state index contributed by atoms with van der Waals surface area (Å²) < 4.78 is 15.5. The summed E-state index contributed by atoms with van der Waals surface area (Å²) in [6.07, 6.45) is 2.53. The van der Waals surface area contributed by atoms with Crippen LogP contribution in [0.15, 0.2) is 29.0 Å². The van der Waals surface area contributed by atoms with Crippen LogP contribution in [0, 0.1) is 6.92 Å². The number of carbonyl (C=O) groups excluding carboxylic acids is 2. The number of nitrogens with zero attached hydrogens (tertiary/aromatic N) is 4. The zero-order chi connectivity index (χ0) is 21.7. The van der Waals surface area contributed by atoms with E-state index in [1.165, 1.54) is 11.3 Å². The lowest BCUT2D eigenvalue weighted by atomic mass is 10.2. The fourth-order valence-electron chi connectivity index (χ4n) is 2.32. The van der Waals surface area contributed by atoms with E-state index >= 15 is 0 Å². The van der Waals surface area contributed by atoms with Crippen molar-refractivity contribution >= 4 is 28.5 Å². The Morgan fingerprint density at radius 3 is 2.77 bits per heavy atom. The van der Waals surface area contributed by atoms with Crippen LogP contribution in [-0.4, -0.2) is 44.4 Å². The van der Waals surface area contributed by atoms with Crippen molar-refractivity contribution in [3.63, 3.8) is 0 Å². The number of aryl methyl sites for hydroxylation is 1. The molecular formula is C19H21N5O5S. The quantitative estimate of drug-likeness (QED) is 0.578. The molecule has 0 saturated carbocycles. The van der Waals surface area contributed by atoms with Crippen LogP contribution < -0.4 is 5.32 Å². The van der Waals surface area contributed by atoms with Gasteiger partial charge >= 0.3 is 12.1 Å². The summed E-state index contributed by atoms with van der Waals surface area (Å²) in [4.78, 5) is 36.9. The number of rotatable bonds is 6. The maximum atomic E-state index is 11.9. The van der Waals surface area contributed by atoms with E-state index in [4.69, 9.17) is 14.0 Å². The number of thiazole rings is 1. The molecule has 3 rings (SSSR count). The molecule has 0 aromatic carbocycles. The van der Waals surface area contributed by atoms with Gasteiger partial charge in [0.1, 0.15) is 17.1 Å². The Morgan fingerprint density at radius 1 is 1.27 bits per heavy atom. The maximum Gasteiger partial charge on any atom is 0.413 e. The minimum Gasteiger partial charge on any atom is -0.460 e. The van der Waals surface area contributed by atoms with Crippen LogP contribution in [0.4, 0.5) is 9.93 Å². The first-order chi connectivity index (χ1) is 14.2. The Morgan fingerprint density at radius 2 is 2.07 bits per heavy atom. The molecular weight excluding hydrogens is 410 g/mol.